The standard InChI is InChI=1S/C5H5ClN2O3S/c6-4-1-2-5(8-3-4)11-12(7,9)10/h1-3H,(H2,7,9,10). The summed E-state index contributed by atoms with van der Waals surface area (Å²) in [4.78, 5) is 3.55. The summed E-state index contributed by atoms with van der Waals surface area (Å²) in [5.41, 5.74) is 0. The number of rotatable bonds is 2. The molecule has 1 aromatic heterocycles. The molecule has 1 heterocycles. The molecule has 7 heteroatoms. The van der Waals surface area contributed by atoms with Crippen LogP contribution in [0.5, 0.6) is 5.88 Å². The lowest BCUT2D eigenvalue weighted by molar-refractivity contribution is 0.477. The number of aromatic nitrogens is 1. The van der Waals surface area contributed by atoms with Crippen LogP contribution in [-0.2, 0) is 10.3 Å². The Morgan fingerprint density at radius 3 is 2.58 bits per heavy atom. The Hall–Kier alpha value is -0.850. The number of pyridine rings is 1. The second-order valence-corrected chi connectivity index (χ2v) is 3.48. The van der Waals surface area contributed by atoms with Crippen molar-refractivity contribution in [3.05, 3.63) is 23.4 Å². The van der Waals surface area contributed by atoms with E-state index in [9.17, 15) is 8.42 Å². The smallest absolute Gasteiger partial charge is 0.350 e. The molecule has 0 amide bonds. The third-order valence-corrected chi connectivity index (χ3v) is 1.53. The van der Waals surface area contributed by atoms with Crippen molar-refractivity contribution in [2.24, 2.45) is 5.14 Å². The summed E-state index contributed by atoms with van der Waals surface area (Å²) >= 11 is 5.48. The highest BCUT2D eigenvalue weighted by molar-refractivity contribution is 7.84. The van der Waals surface area contributed by atoms with Crippen LogP contribution in [0.2, 0.25) is 5.02 Å². The molecule has 0 aliphatic carbocycles. The zero-order valence-electron chi connectivity index (χ0n) is 5.77. The SMILES string of the molecule is NS(=O)(=O)Oc1ccc(Cl)cn1. The van der Waals surface area contributed by atoms with Crippen molar-refractivity contribution in [3.8, 4) is 5.88 Å². The van der Waals surface area contributed by atoms with Crippen molar-refractivity contribution >= 4 is 21.9 Å². The first kappa shape index (κ1) is 9.24. The zero-order valence-corrected chi connectivity index (χ0v) is 7.34. The summed E-state index contributed by atoms with van der Waals surface area (Å²) in [7, 11) is -4.00. The fourth-order valence-corrected chi connectivity index (χ4v) is 0.979. The average Bonchev–Trinajstić information content (AvgIpc) is 1.91. The first-order chi connectivity index (χ1) is 5.47. The van der Waals surface area contributed by atoms with Gasteiger partial charge in [-0.05, 0) is 6.07 Å². The van der Waals surface area contributed by atoms with Gasteiger partial charge in [0.2, 0.25) is 5.88 Å². The van der Waals surface area contributed by atoms with Crippen LogP contribution in [0.1, 0.15) is 0 Å². The van der Waals surface area contributed by atoms with Crippen LogP contribution >= 0.6 is 11.6 Å². The molecule has 0 fully saturated rings. The minimum Gasteiger partial charge on any atom is -0.350 e. The number of halogens is 1. The van der Waals surface area contributed by atoms with Gasteiger partial charge >= 0.3 is 10.3 Å². The summed E-state index contributed by atoms with van der Waals surface area (Å²) in [5.74, 6) is -0.109. The Kier molecular flexibility index (Phi) is 2.51. The van der Waals surface area contributed by atoms with E-state index in [2.05, 4.69) is 14.3 Å². The molecular weight excluding hydrogens is 204 g/mol. The summed E-state index contributed by atoms with van der Waals surface area (Å²) in [6.07, 6.45) is 1.25. The molecule has 1 rings (SSSR count). The predicted molar refractivity (Wildman–Crippen MR) is 43.0 cm³/mol. The lowest BCUT2D eigenvalue weighted by atomic mass is 10.5. The van der Waals surface area contributed by atoms with E-state index in [0.717, 1.165) is 0 Å². The van der Waals surface area contributed by atoms with Gasteiger partial charge in [0.25, 0.3) is 0 Å². The second kappa shape index (κ2) is 3.26. The number of nitrogens with zero attached hydrogens (tertiary/aromatic N) is 1. The van der Waals surface area contributed by atoms with E-state index in [4.69, 9.17) is 11.6 Å². The topological polar surface area (TPSA) is 82.3 Å². The van der Waals surface area contributed by atoms with Crippen LogP contribution in [0.4, 0.5) is 0 Å². The van der Waals surface area contributed by atoms with Crippen LogP contribution in [0.25, 0.3) is 0 Å². The molecule has 0 aliphatic rings. The quantitative estimate of drug-likeness (QED) is 0.759. The molecule has 12 heavy (non-hydrogen) atoms. The van der Waals surface area contributed by atoms with Crippen LogP contribution in [-0.4, -0.2) is 13.4 Å². The fraction of sp³-hybridized carbons (Fsp3) is 0. The molecule has 0 bridgehead atoms. The minimum absolute atomic E-state index is 0.109. The maximum Gasteiger partial charge on any atom is 0.381 e. The van der Waals surface area contributed by atoms with E-state index < -0.39 is 10.3 Å². The Morgan fingerprint density at radius 2 is 2.17 bits per heavy atom. The summed E-state index contributed by atoms with van der Waals surface area (Å²) in [5, 5.41) is 4.97. The molecule has 0 atom stereocenters. The molecule has 0 spiro atoms. The summed E-state index contributed by atoms with van der Waals surface area (Å²) in [6.45, 7) is 0. The molecule has 0 saturated carbocycles. The highest BCUT2D eigenvalue weighted by Crippen LogP contribution is 2.11. The number of hydrogen-bond acceptors (Lipinski definition) is 4. The first-order valence-electron chi connectivity index (χ1n) is 2.81. The highest BCUT2D eigenvalue weighted by atomic mass is 35.5. The van der Waals surface area contributed by atoms with Crippen molar-refractivity contribution in [1.29, 1.82) is 0 Å². The third-order valence-electron chi connectivity index (χ3n) is 0.902. The lowest BCUT2D eigenvalue weighted by Crippen LogP contribution is -2.19. The van der Waals surface area contributed by atoms with Gasteiger partial charge in [-0.15, -0.1) is 0 Å². The maximum absolute atomic E-state index is 10.4. The molecule has 0 radical (unpaired) electrons. The van der Waals surface area contributed by atoms with E-state index in [-0.39, 0.29) is 5.88 Å². The van der Waals surface area contributed by atoms with E-state index in [1.807, 2.05) is 0 Å². The van der Waals surface area contributed by atoms with Crippen molar-refractivity contribution in [2.45, 2.75) is 0 Å². The zero-order chi connectivity index (χ0) is 9.19. The fourth-order valence-electron chi connectivity index (χ4n) is 0.531. The molecule has 0 saturated heterocycles. The Bertz CT molecular complexity index is 361. The monoisotopic (exact) mass is 208 g/mol. The molecular formula is C5H5ClN2O3S. The molecule has 66 valence electrons. The van der Waals surface area contributed by atoms with Gasteiger partial charge in [-0.25, -0.2) is 4.98 Å². The molecule has 0 aromatic carbocycles. The molecule has 1 aromatic rings. The van der Waals surface area contributed by atoms with Crippen molar-refractivity contribution in [1.82, 2.24) is 4.98 Å². The third kappa shape index (κ3) is 3.04. The van der Waals surface area contributed by atoms with E-state index in [1.54, 1.807) is 0 Å². The van der Waals surface area contributed by atoms with Gasteiger partial charge in [0.15, 0.2) is 0 Å². The minimum atomic E-state index is -4.00. The van der Waals surface area contributed by atoms with Gasteiger partial charge in [-0.3, -0.25) is 0 Å². The number of nitrogens with two attached hydrogens (primary N) is 1. The Balaban J connectivity index is 2.85. The van der Waals surface area contributed by atoms with Crippen molar-refractivity contribution in [2.75, 3.05) is 0 Å². The van der Waals surface area contributed by atoms with E-state index >= 15 is 0 Å². The Labute approximate surface area is 74.4 Å². The molecule has 2 N–H and O–H groups in total. The van der Waals surface area contributed by atoms with Gasteiger partial charge in [0.05, 0.1) is 5.02 Å². The van der Waals surface area contributed by atoms with Gasteiger partial charge in [0, 0.05) is 12.3 Å². The predicted octanol–water partition coefficient (Wildman–Crippen LogP) is 0.317. The number of hydrogen-bond donors (Lipinski definition) is 1. The van der Waals surface area contributed by atoms with Gasteiger partial charge in [0.1, 0.15) is 0 Å². The Morgan fingerprint density at radius 1 is 1.50 bits per heavy atom. The van der Waals surface area contributed by atoms with Gasteiger partial charge in [-0.1, -0.05) is 11.6 Å². The van der Waals surface area contributed by atoms with E-state index in [0.29, 0.717) is 5.02 Å². The maximum atomic E-state index is 10.4. The first-order valence-corrected chi connectivity index (χ1v) is 4.66. The highest BCUT2D eigenvalue weighted by Gasteiger charge is 2.04. The van der Waals surface area contributed by atoms with Gasteiger partial charge in [-0.2, -0.15) is 13.6 Å². The molecule has 0 unspecified atom stereocenters. The van der Waals surface area contributed by atoms with Crippen LogP contribution < -0.4 is 9.32 Å². The van der Waals surface area contributed by atoms with Crippen LogP contribution in [0.15, 0.2) is 18.3 Å². The normalized spacial score (nSPS) is 11.2. The lowest BCUT2D eigenvalue weighted by Gasteiger charge is -1.99. The molecule has 5 nitrogen and oxygen atoms in total. The summed E-state index contributed by atoms with van der Waals surface area (Å²) < 4.78 is 25.0. The largest absolute Gasteiger partial charge is 0.381 e. The second-order valence-electron chi connectivity index (χ2n) is 1.89. The van der Waals surface area contributed by atoms with Gasteiger partial charge < -0.3 is 4.18 Å². The van der Waals surface area contributed by atoms with Crippen LogP contribution in [0, 0.1) is 0 Å². The van der Waals surface area contributed by atoms with Crippen LogP contribution in [0.3, 0.4) is 0 Å². The average molecular weight is 209 g/mol. The molecule has 0 aliphatic heterocycles. The summed E-state index contributed by atoms with van der Waals surface area (Å²) in [6, 6.07) is 2.74. The van der Waals surface area contributed by atoms with Crippen molar-refractivity contribution in [3.63, 3.8) is 0 Å². The van der Waals surface area contributed by atoms with Crippen molar-refractivity contribution < 1.29 is 12.6 Å². The van der Waals surface area contributed by atoms with E-state index in [1.165, 1.54) is 18.3 Å².